The Morgan fingerprint density at radius 3 is 2.27 bits per heavy atom. The van der Waals surface area contributed by atoms with Gasteiger partial charge in [-0.15, -0.1) is 0 Å². The number of benzene rings is 1. The number of methoxy groups -OCH3 is 1. The molecule has 0 fully saturated rings. The van der Waals surface area contributed by atoms with Crippen molar-refractivity contribution in [2.45, 2.75) is 6.92 Å². The summed E-state index contributed by atoms with van der Waals surface area (Å²) in [7, 11) is 1.14. The van der Waals surface area contributed by atoms with E-state index in [9.17, 15) is 13.6 Å². The summed E-state index contributed by atoms with van der Waals surface area (Å²) in [4.78, 5) is 11.2. The summed E-state index contributed by atoms with van der Waals surface area (Å²) < 4.78 is 35.3. The third-order valence-corrected chi connectivity index (χ3v) is 1.71. The SMILES string of the molecule is CCOC(=O)c1cc(F)c(OC)c(F)c1. The molecule has 0 amide bonds. The van der Waals surface area contributed by atoms with Crippen LogP contribution in [0.5, 0.6) is 5.75 Å². The second kappa shape index (κ2) is 4.72. The molecule has 0 aliphatic rings. The van der Waals surface area contributed by atoms with Crippen molar-refractivity contribution >= 4 is 5.97 Å². The zero-order chi connectivity index (χ0) is 11.4. The lowest BCUT2D eigenvalue weighted by Gasteiger charge is -2.06. The molecular formula is C10H10F2O3. The van der Waals surface area contributed by atoms with Crippen LogP contribution in [0.2, 0.25) is 0 Å². The van der Waals surface area contributed by atoms with Gasteiger partial charge in [0.2, 0.25) is 0 Å². The minimum absolute atomic E-state index is 0.147. The molecule has 1 rings (SSSR count). The Balaban J connectivity index is 3.08. The van der Waals surface area contributed by atoms with Crippen LogP contribution in [-0.2, 0) is 4.74 Å². The largest absolute Gasteiger partial charge is 0.491 e. The van der Waals surface area contributed by atoms with Gasteiger partial charge >= 0.3 is 5.97 Å². The van der Waals surface area contributed by atoms with Crippen molar-refractivity contribution in [2.24, 2.45) is 0 Å². The van der Waals surface area contributed by atoms with Gasteiger partial charge in [-0.25, -0.2) is 13.6 Å². The molecule has 0 N–H and O–H groups in total. The zero-order valence-electron chi connectivity index (χ0n) is 8.34. The molecule has 0 aliphatic heterocycles. The molecule has 0 aliphatic carbocycles. The first-order valence-corrected chi connectivity index (χ1v) is 4.30. The van der Waals surface area contributed by atoms with E-state index in [2.05, 4.69) is 9.47 Å². The second-order valence-electron chi connectivity index (χ2n) is 2.69. The fraction of sp³-hybridized carbons (Fsp3) is 0.300. The summed E-state index contributed by atoms with van der Waals surface area (Å²) in [5, 5.41) is 0. The number of esters is 1. The molecule has 5 heteroatoms. The van der Waals surface area contributed by atoms with Crippen LogP contribution in [0.3, 0.4) is 0 Å². The molecule has 0 unspecified atom stereocenters. The molecule has 15 heavy (non-hydrogen) atoms. The van der Waals surface area contributed by atoms with E-state index in [-0.39, 0.29) is 12.2 Å². The molecular weight excluding hydrogens is 206 g/mol. The summed E-state index contributed by atoms with van der Waals surface area (Å²) in [5.74, 6) is -3.14. The van der Waals surface area contributed by atoms with Crippen molar-refractivity contribution in [3.63, 3.8) is 0 Å². The van der Waals surface area contributed by atoms with Gasteiger partial charge in [-0.05, 0) is 19.1 Å². The molecule has 1 aromatic carbocycles. The van der Waals surface area contributed by atoms with E-state index in [0.717, 1.165) is 19.2 Å². The zero-order valence-corrected chi connectivity index (χ0v) is 8.34. The highest BCUT2D eigenvalue weighted by molar-refractivity contribution is 5.89. The van der Waals surface area contributed by atoms with Crippen LogP contribution in [-0.4, -0.2) is 19.7 Å². The van der Waals surface area contributed by atoms with Crippen molar-refractivity contribution in [3.05, 3.63) is 29.3 Å². The fourth-order valence-corrected chi connectivity index (χ4v) is 1.09. The van der Waals surface area contributed by atoms with E-state index >= 15 is 0 Å². The van der Waals surface area contributed by atoms with Crippen LogP contribution in [0.15, 0.2) is 12.1 Å². The Bertz CT molecular complexity index is 354. The Morgan fingerprint density at radius 1 is 1.33 bits per heavy atom. The molecule has 0 atom stereocenters. The molecule has 82 valence electrons. The lowest BCUT2D eigenvalue weighted by Crippen LogP contribution is -2.06. The van der Waals surface area contributed by atoms with Crippen molar-refractivity contribution in [2.75, 3.05) is 13.7 Å². The number of ether oxygens (including phenoxy) is 2. The predicted octanol–water partition coefficient (Wildman–Crippen LogP) is 2.15. The van der Waals surface area contributed by atoms with Gasteiger partial charge in [-0.1, -0.05) is 0 Å². The minimum atomic E-state index is -0.930. The van der Waals surface area contributed by atoms with E-state index in [1.807, 2.05) is 0 Å². The van der Waals surface area contributed by atoms with E-state index in [0.29, 0.717) is 0 Å². The van der Waals surface area contributed by atoms with E-state index < -0.39 is 23.4 Å². The van der Waals surface area contributed by atoms with Crippen molar-refractivity contribution in [3.8, 4) is 5.75 Å². The second-order valence-corrected chi connectivity index (χ2v) is 2.69. The smallest absolute Gasteiger partial charge is 0.338 e. The van der Waals surface area contributed by atoms with Crippen LogP contribution >= 0.6 is 0 Å². The van der Waals surface area contributed by atoms with Gasteiger partial charge in [0.1, 0.15) is 0 Å². The van der Waals surface area contributed by atoms with E-state index in [1.54, 1.807) is 6.92 Å². The lowest BCUT2D eigenvalue weighted by atomic mass is 10.2. The normalized spacial score (nSPS) is 9.87. The standard InChI is InChI=1S/C10H10F2O3/c1-3-15-10(13)6-4-7(11)9(14-2)8(12)5-6/h4-5H,3H2,1-2H3. The maximum absolute atomic E-state index is 13.1. The fourth-order valence-electron chi connectivity index (χ4n) is 1.09. The highest BCUT2D eigenvalue weighted by Gasteiger charge is 2.15. The Morgan fingerprint density at radius 2 is 1.87 bits per heavy atom. The molecule has 0 heterocycles. The maximum atomic E-state index is 13.1. The van der Waals surface area contributed by atoms with Gasteiger partial charge in [0.05, 0.1) is 19.3 Å². The Kier molecular flexibility index (Phi) is 3.60. The molecule has 3 nitrogen and oxygen atoms in total. The summed E-state index contributed by atoms with van der Waals surface area (Å²) in [6, 6.07) is 1.75. The quantitative estimate of drug-likeness (QED) is 0.726. The van der Waals surface area contributed by atoms with E-state index in [4.69, 9.17) is 0 Å². The molecule has 0 spiro atoms. The average Bonchev–Trinajstić information content (AvgIpc) is 2.17. The monoisotopic (exact) mass is 216 g/mol. The van der Waals surface area contributed by atoms with Crippen LogP contribution < -0.4 is 4.74 Å². The van der Waals surface area contributed by atoms with Crippen molar-refractivity contribution < 1.29 is 23.0 Å². The van der Waals surface area contributed by atoms with Crippen molar-refractivity contribution in [1.82, 2.24) is 0 Å². The third-order valence-electron chi connectivity index (χ3n) is 1.71. The Labute approximate surface area is 85.6 Å². The summed E-state index contributed by atoms with van der Waals surface area (Å²) >= 11 is 0. The highest BCUT2D eigenvalue weighted by Crippen LogP contribution is 2.23. The molecule has 0 saturated heterocycles. The first-order chi connectivity index (χ1) is 7.10. The van der Waals surface area contributed by atoms with Gasteiger partial charge in [-0.2, -0.15) is 0 Å². The van der Waals surface area contributed by atoms with E-state index in [1.165, 1.54) is 0 Å². The maximum Gasteiger partial charge on any atom is 0.338 e. The van der Waals surface area contributed by atoms with Gasteiger partial charge in [-0.3, -0.25) is 0 Å². The number of carbonyl (C=O) groups is 1. The highest BCUT2D eigenvalue weighted by atomic mass is 19.1. The number of halogens is 2. The number of hydrogen-bond donors (Lipinski definition) is 0. The molecule has 0 saturated carbocycles. The molecule has 1 aromatic rings. The number of rotatable bonds is 3. The minimum Gasteiger partial charge on any atom is -0.491 e. The molecule has 0 aromatic heterocycles. The molecule has 0 bridgehead atoms. The van der Waals surface area contributed by atoms with Crippen LogP contribution in [0, 0.1) is 11.6 Å². The first kappa shape index (κ1) is 11.4. The predicted molar refractivity (Wildman–Crippen MR) is 48.9 cm³/mol. The van der Waals surface area contributed by atoms with Gasteiger partial charge < -0.3 is 9.47 Å². The lowest BCUT2D eigenvalue weighted by molar-refractivity contribution is 0.0525. The van der Waals surface area contributed by atoms with Gasteiger partial charge in [0, 0.05) is 0 Å². The van der Waals surface area contributed by atoms with Gasteiger partial charge in [0.25, 0.3) is 0 Å². The summed E-state index contributed by atoms with van der Waals surface area (Å²) in [6.07, 6.45) is 0. The molecule has 0 radical (unpaired) electrons. The first-order valence-electron chi connectivity index (χ1n) is 4.30. The van der Waals surface area contributed by atoms with Crippen LogP contribution in [0.1, 0.15) is 17.3 Å². The van der Waals surface area contributed by atoms with Gasteiger partial charge in [0.15, 0.2) is 17.4 Å². The summed E-state index contributed by atoms with van der Waals surface area (Å²) in [5.41, 5.74) is -0.173. The Hall–Kier alpha value is -1.65. The van der Waals surface area contributed by atoms with Crippen LogP contribution in [0.4, 0.5) is 8.78 Å². The number of carbonyl (C=O) groups excluding carboxylic acids is 1. The third kappa shape index (κ3) is 2.43. The van der Waals surface area contributed by atoms with Crippen molar-refractivity contribution in [1.29, 1.82) is 0 Å². The topological polar surface area (TPSA) is 35.5 Å². The summed E-state index contributed by atoms with van der Waals surface area (Å²) in [6.45, 7) is 1.75. The number of hydrogen-bond acceptors (Lipinski definition) is 3. The van der Waals surface area contributed by atoms with Crippen LogP contribution in [0.25, 0.3) is 0 Å². The average molecular weight is 216 g/mol.